The Kier molecular flexibility index (Phi) is 10.2. The molecule has 0 saturated heterocycles. The van der Waals surface area contributed by atoms with Gasteiger partial charge in [-0.3, -0.25) is 4.79 Å². The van der Waals surface area contributed by atoms with Gasteiger partial charge in [-0.05, 0) is 38.7 Å². The van der Waals surface area contributed by atoms with E-state index in [9.17, 15) is 4.79 Å². The number of halogens is 2. The molecule has 28 heavy (non-hydrogen) atoms. The molecule has 0 bridgehead atoms. The van der Waals surface area contributed by atoms with Crippen molar-refractivity contribution in [2.24, 2.45) is 11.1 Å². The van der Waals surface area contributed by atoms with Crippen molar-refractivity contribution >= 4 is 30.7 Å². The third-order valence-electron chi connectivity index (χ3n) is 5.79. The second kappa shape index (κ2) is 10.6. The number of nitrogens with one attached hydrogen (secondary N) is 1. The number of benzene rings is 1. The van der Waals surface area contributed by atoms with Gasteiger partial charge in [0, 0.05) is 25.0 Å². The smallest absolute Gasteiger partial charge is 0.240 e. The van der Waals surface area contributed by atoms with Crippen LogP contribution in [0.4, 0.5) is 0 Å². The maximum Gasteiger partial charge on any atom is 0.240 e. The van der Waals surface area contributed by atoms with Crippen molar-refractivity contribution in [3.8, 4) is 5.75 Å². The van der Waals surface area contributed by atoms with Crippen LogP contribution in [0.5, 0.6) is 5.75 Å². The summed E-state index contributed by atoms with van der Waals surface area (Å²) in [6, 6.07) is 7.93. The number of hydrogen-bond donors (Lipinski definition) is 2. The fourth-order valence-corrected chi connectivity index (χ4v) is 3.62. The predicted octanol–water partition coefficient (Wildman–Crippen LogP) is 2.79. The Bertz CT molecular complexity index is 643. The summed E-state index contributed by atoms with van der Waals surface area (Å²) in [5.41, 5.74) is 6.25. The second-order valence-electron chi connectivity index (χ2n) is 7.81. The van der Waals surface area contributed by atoms with Crippen molar-refractivity contribution in [1.82, 2.24) is 10.2 Å². The van der Waals surface area contributed by atoms with Crippen LogP contribution < -0.4 is 15.8 Å². The lowest BCUT2D eigenvalue weighted by Crippen LogP contribution is -2.76. The molecule has 0 radical (unpaired) electrons. The molecule has 8 heteroatoms. The summed E-state index contributed by atoms with van der Waals surface area (Å²) in [4.78, 5) is 14.9. The molecule has 3 unspecified atom stereocenters. The van der Waals surface area contributed by atoms with E-state index in [4.69, 9.17) is 15.2 Å². The summed E-state index contributed by atoms with van der Waals surface area (Å²) in [6.07, 6.45) is 0.567. The first kappa shape index (κ1) is 27.0. The molecule has 1 aromatic carbocycles. The average Bonchev–Trinajstić information content (AvgIpc) is 2.61. The number of rotatable bonds is 8. The fraction of sp³-hybridized carbons (Fsp3) is 0.650. The van der Waals surface area contributed by atoms with Gasteiger partial charge in [0.15, 0.2) is 0 Å². The van der Waals surface area contributed by atoms with Crippen molar-refractivity contribution in [3.63, 3.8) is 0 Å². The Labute approximate surface area is 181 Å². The van der Waals surface area contributed by atoms with E-state index in [1.165, 1.54) is 0 Å². The SMILES string of the molecule is CCOC1CC(N)(C(=O)NCC(c2cccc(OC)c2)N(C)C)C1(C)C.Cl.Cl. The van der Waals surface area contributed by atoms with Crippen LogP contribution in [0.2, 0.25) is 0 Å². The summed E-state index contributed by atoms with van der Waals surface area (Å²) in [5, 5.41) is 3.06. The van der Waals surface area contributed by atoms with Crippen LogP contribution in [0.1, 0.15) is 38.8 Å². The van der Waals surface area contributed by atoms with Gasteiger partial charge in [0.05, 0.1) is 19.3 Å². The van der Waals surface area contributed by atoms with Crippen LogP contribution in [-0.4, -0.2) is 56.8 Å². The summed E-state index contributed by atoms with van der Waals surface area (Å²) >= 11 is 0. The van der Waals surface area contributed by atoms with E-state index in [0.717, 1.165) is 11.3 Å². The van der Waals surface area contributed by atoms with E-state index in [0.29, 0.717) is 19.6 Å². The van der Waals surface area contributed by atoms with Gasteiger partial charge >= 0.3 is 0 Å². The zero-order chi connectivity index (χ0) is 19.5. The zero-order valence-corrected chi connectivity index (χ0v) is 19.3. The zero-order valence-electron chi connectivity index (χ0n) is 17.7. The molecule has 162 valence electrons. The predicted molar refractivity (Wildman–Crippen MR) is 118 cm³/mol. The fourth-order valence-electron chi connectivity index (χ4n) is 3.62. The summed E-state index contributed by atoms with van der Waals surface area (Å²) in [5.74, 6) is 0.684. The van der Waals surface area contributed by atoms with Gasteiger partial charge in [0.25, 0.3) is 0 Å². The number of hydrogen-bond acceptors (Lipinski definition) is 5. The molecule has 6 nitrogen and oxygen atoms in total. The maximum atomic E-state index is 12.9. The van der Waals surface area contributed by atoms with Crippen molar-refractivity contribution in [3.05, 3.63) is 29.8 Å². The number of methoxy groups -OCH3 is 1. The molecule has 2 rings (SSSR count). The minimum absolute atomic E-state index is 0. The highest BCUT2D eigenvalue weighted by atomic mass is 35.5. The van der Waals surface area contributed by atoms with Crippen LogP contribution >= 0.6 is 24.8 Å². The van der Waals surface area contributed by atoms with Crippen molar-refractivity contribution < 1.29 is 14.3 Å². The van der Waals surface area contributed by atoms with Crippen LogP contribution in [0, 0.1) is 5.41 Å². The number of nitrogens with two attached hydrogens (primary N) is 1. The highest BCUT2D eigenvalue weighted by Crippen LogP contribution is 2.49. The first-order valence-electron chi connectivity index (χ1n) is 9.16. The molecule has 1 aromatic rings. The van der Waals surface area contributed by atoms with Gasteiger partial charge in [-0.25, -0.2) is 0 Å². The lowest BCUT2D eigenvalue weighted by atomic mass is 9.54. The first-order chi connectivity index (χ1) is 12.2. The molecule has 1 saturated carbocycles. The Balaban J connectivity index is 0.00000364. The van der Waals surface area contributed by atoms with E-state index in [1.54, 1.807) is 7.11 Å². The Morgan fingerprint density at radius 3 is 2.50 bits per heavy atom. The van der Waals surface area contributed by atoms with Crippen LogP contribution in [0.3, 0.4) is 0 Å². The number of carbonyl (C=O) groups excluding carboxylic acids is 1. The number of amides is 1. The van der Waals surface area contributed by atoms with Crippen LogP contribution in [0.25, 0.3) is 0 Å². The highest BCUT2D eigenvalue weighted by molar-refractivity contribution is 5.88. The lowest BCUT2D eigenvalue weighted by Gasteiger charge is -2.57. The molecular formula is C20H35Cl2N3O3. The van der Waals surface area contributed by atoms with Crippen LogP contribution in [-0.2, 0) is 9.53 Å². The quantitative estimate of drug-likeness (QED) is 0.656. The van der Waals surface area contributed by atoms with Crippen molar-refractivity contribution in [1.29, 1.82) is 0 Å². The van der Waals surface area contributed by atoms with Gasteiger partial charge in [-0.2, -0.15) is 0 Å². The van der Waals surface area contributed by atoms with E-state index in [1.807, 2.05) is 59.1 Å². The Morgan fingerprint density at radius 2 is 2.00 bits per heavy atom. The van der Waals surface area contributed by atoms with Gasteiger partial charge in [0.2, 0.25) is 5.91 Å². The molecule has 1 amide bonds. The molecule has 0 aromatic heterocycles. The topological polar surface area (TPSA) is 76.8 Å². The van der Waals surface area contributed by atoms with E-state index in [2.05, 4.69) is 10.2 Å². The largest absolute Gasteiger partial charge is 0.497 e. The van der Waals surface area contributed by atoms with Crippen LogP contribution in [0.15, 0.2) is 24.3 Å². The van der Waals surface area contributed by atoms with Crippen molar-refractivity contribution in [2.75, 3.05) is 34.4 Å². The maximum absolute atomic E-state index is 12.9. The number of ether oxygens (including phenoxy) is 2. The molecule has 1 aliphatic carbocycles. The number of likely N-dealkylation sites (N-methyl/N-ethyl adjacent to an activating group) is 1. The molecule has 0 heterocycles. The summed E-state index contributed by atoms with van der Waals surface area (Å²) in [6.45, 7) is 7.07. The normalized spacial score (nSPS) is 23.6. The number of nitrogens with zero attached hydrogens (tertiary/aromatic N) is 1. The molecule has 0 aliphatic heterocycles. The van der Waals surface area contributed by atoms with Gasteiger partial charge in [-0.1, -0.05) is 26.0 Å². The standard InChI is InChI=1S/C20H33N3O3.2ClH/c1-7-26-17-12-20(21,19(17,2)3)18(24)22-13-16(23(4)5)14-9-8-10-15(11-14)25-6;;/h8-11,16-17H,7,12-13,21H2,1-6H3,(H,22,24);2*1H. The second-order valence-corrected chi connectivity index (χ2v) is 7.81. The van der Waals surface area contributed by atoms with E-state index < -0.39 is 11.0 Å². The molecular weight excluding hydrogens is 401 g/mol. The minimum atomic E-state index is -0.905. The summed E-state index contributed by atoms with van der Waals surface area (Å²) < 4.78 is 11.0. The molecule has 3 N–H and O–H groups in total. The Morgan fingerprint density at radius 1 is 1.36 bits per heavy atom. The third-order valence-corrected chi connectivity index (χ3v) is 5.79. The van der Waals surface area contributed by atoms with Crippen molar-refractivity contribution in [2.45, 2.75) is 44.9 Å². The van der Waals surface area contributed by atoms with E-state index in [-0.39, 0.29) is 42.9 Å². The average molecular weight is 436 g/mol. The lowest BCUT2D eigenvalue weighted by molar-refractivity contribution is -0.170. The highest BCUT2D eigenvalue weighted by Gasteiger charge is 2.62. The van der Waals surface area contributed by atoms with Gasteiger partial charge < -0.3 is 25.4 Å². The monoisotopic (exact) mass is 435 g/mol. The Hall–Kier alpha value is -1.05. The van der Waals surface area contributed by atoms with E-state index >= 15 is 0 Å². The summed E-state index contributed by atoms with van der Waals surface area (Å²) in [7, 11) is 5.64. The third kappa shape index (κ3) is 5.10. The number of carbonyl (C=O) groups is 1. The minimum Gasteiger partial charge on any atom is -0.497 e. The molecule has 1 fully saturated rings. The molecule has 1 aliphatic rings. The first-order valence-corrected chi connectivity index (χ1v) is 9.16. The molecule has 3 atom stereocenters. The molecule has 0 spiro atoms. The van der Waals surface area contributed by atoms with Gasteiger partial charge in [-0.15, -0.1) is 24.8 Å². The van der Waals surface area contributed by atoms with Gasteiger partial charge in [0.1, 0.15) is 11.3 Å².